The third kappa shape index (κ3) is 5.76. The normalized spacial score (nSPS) is 10.2. The van der Waals surface area contributed by atoms with Crippen molar-refractivity contribution in [3.05, 3.63) is 0 Å². The summed E-state index contributed by atoms with van der Waals surface area (Å²) >= 11 is 5.05. The van der Waals surface area contributed by atoms with Crippen LogP contribution in [0.25, 0.3) is 0 Å². The molecule has 1 N–H and O–H groups in total. The monoisotopic (exact) mass is 151 g/mol. The molecule has 9 heavy (non-hydrogen) atoms. The van der Waals surface area contributed by atoms with Crippen LogP contribution in [0.3, 0.4) is 0 Å². The molecule has 54 valence electrons. The van der Waals surface area contributed by atoms with Gasteiger partial charge in [0.15, 0.2) is 0 Å². The SMILES string of the molecule is CN(CCO)CC(=O)Cl. The van der Waals surface area contributed by atoms with E-state index in [1.807, 2.05) is 0 Å². The van der Waals surface area contributed by atoms with Crippen LogP contribution in [0.1, 0.15) is 0 Å². The van der Waals surface area contributed by atoms with Gasteiger partial charge in [-0.05, 0) is 18.6 Å². The second-order valence-electron chi connectivity index (χ2n) is 1.82. The van der Waals surface area contributed by atoms with Crippen LogP contribution < -0.4 is 0 Å². The van der Waals surface area contributed by atoms with Crippen molar-refractivity contribution in [2.45, 2.75) is 0 Å². The number of halogens is 1. The Balaban J connectivity index is 3.26. The fourth-order valence-corrected chi connectivity index (χ4v) is 0.666. The highest BCUT2D eigenvalue weighted by atomic mass is 35.5. The smallest absolute Gasteiger partial charge is 0.235 e. The maximum atomic E-state index is 10.2. The van der Waals surface area contributed by atoms with Crippen LogP contribution in [0.2, 0.25) is 0 Å². The molecule has 0 amide bonds. The third-order valence-electron chi connectivity index (χ3n) is 0.876. The Hall–Kier alpha value is -0.120. The average Bonchev–Trinajstić information content (AvgIpc) is 1.63. The van der Waals surface area contributed by atoms with E-state index in [1.54, 1.807) is 11.9 Å². The van der Waals surface area contributed by atoms with Gasteiger partial charge in [-0.2, -0.15) is 0 Å². The Morgan fingerprint density at radius 2 is 2.33 bits per heavy atom. The van der Waals surface area contributed by atoms with E-state index in [0.717, 1.165) is 0 Å². The molecule has 0 aromatic heterocycles. The fourth-order valence-electron chi connectivity index (χ4n) is 0.462. The number of carbonyl (C=O) groups excluding carboxylic acids is 1. The second kappa shape index (κ2) is 4.73. The number of hydrogen-bond donors (Lipinski definition) is 1. The first kappa shape index (κ1) is 8.88. The van der Waals surface area contributed by atoms with Gasteiger partial charge in [0.2, 0.25) is 5.24 Å². The molecule has 0 fully saturated rings. The molecule has 0 saturated carbocycles. The molecule has 0 aliphatic rings. The Labute approximate surface area is 59.2 Å². The van der Waals surface area contributed by atoms with Gasteiger partial charge in [0.25, 0.3) is 0 Å². The van der Waals surface area contributed by atoms with Gasteiger partial charge >= 0.3 is 0 Å². The lowest BCUT2D eigenvalue weighted by atomic mass is 10.5. The molecule has 0 aliphatic carbocycles. The molecule has 0 rings (SSSR count). The summed E-state index contributed by atoms with van der Waals surface area (Å²) in [6.45, 7) is 0.737. The van der Waals surface area contributed by atoms with Gasteiger partial charge in [-0.1, -0.05) is 0 Å². The van der Waals surface area contributed by atoms with Crippen LogP contribution in [0, 0.1) is 0 Å². The largest absolute Gasteiger partial charge is 0.395 e. The third-order valence-corrected chi connectivity index (χ3v) is 0.995. The lowest BCUT2D eigenvalue weighted by molar-refractivity contribution is -0.112. The van der Waals surface area contributed by atoms with Crippen LogP contribution in [0.15, 0.2) is 0 Å². The lowest BCUT2D eigenvalue weighted by Crippen LogP contribution is -2.26. The molecule has 0 unspecified atom stereocenters. The minimum atomic E-state index is -0.397. The van der Waals surface area contributed by atoms with Gasteiger partial charge in [0, 0.05) is 6.54 Å². The maximum absolute atomic E-state index is 10.2. The minimum Gasteiger partial charge on any atom is -0.395 e. The van der Waals surface area contributed by atoms with Crippen molar-refractivity contribution in [2.75, 3.05) is 26.7 Å². The fraction of sp³-hybridized carbons (Fsp3) is 0.800. The molecule has 0 aromatic carbocycles. The van der Waals surface area contributed by atoms with E-state index in [1.165, 1.54) is 0 Å². The molecule has 0 aromatic rings. The number of rotatable bonds is 4. The van der Waals surface area contributed by atoms with Gasteiger partial charge in [-0.3, -0.25) is 9.69 Å². The topological polar surface area (TPSA) is 40.5 Å². The van der Waals surface area contributed by atoms with E-state index in [9.17, 15) is 4.79 Å². The molecule has 0 aliphatic heterocycles. The first-order valence-electron chi connectivity index (χ1n) is 2.64. The zero-order valence-corrected chi connectivity index (χ0v) is 6.06. The van der Waals surface area contributed by atoms with Gasteiger partial charge in [0.05, 0.1) is 13.2 Å². The number of carbonyl (C=O) groups is 1. The number of aliphatic hydroxyl groups excluding tert-OH is 1. The zero-order valence-electron chi connectivity index (χ0n) is 5.30. The minimum absolute atomic E-state index is 0.0562. The van der Waals surface area contributed by atoms with E-state index >= 15 is 0 Å². The summed E-state index contributed by atoms with van der Waals surface area (Å²) in [6.07, 6.45) is 0. The first-order valence-corrected chi connectivity index (χ1v) is 3.02. The van der Waals surface area contributed by atoms with E-state index in [4.69, 9.17) is 16.7 Å². The number of aliphatic hydroxyl groups is 1. The van der Waals surface area contributed by atoms with Crippen molar-refractivity contribution >= 4 is 16.8 Å². The summed E-state index contributed by atoms with van der Waals surface area (Å²) < 4.78 is 0. The Kier molecular flexibility index (Phi) is 4.67. The maximum Gasteiger partial charge on any atom is 0.235 e. The molecule has 0 radical (unpaired) electrons. The van der Waals surface area contributed by atoms with Gasteiger partial charge in [-0.25, -0.2) is 0 Å². The summed E-state index contributed by atoms with van der Waals surface area (Å²) in [5, 5.41) is 7.96. The van der Waals surface area contributed by atoms with Crippen LogP contribution in [-0.4, -0.2) is 42.0 Å². The van der Waals surface area contributed by atoms with E-state index < -0.39 is 5.24 Å². The second-order valence-corrected chi connectivity index (χ2v) is 2.24. The van der Waals surface area contributed by atoms with E-state index in [-0.39, 0.29) is 13.2 Å². The predicted octanol–water partition coefficient (Wildman–Crippen LogP) is -0.324. The Morgan fingerprint density at radius 3 is 2.67 bits per heavy atom. The Bertz CT molecular complexity index is 97.0. The van der Waals surface area contributed by atoms with Crippen molar-refractivity contribution in [1.29, 1.82) is 0 Å². The van der Waals surface area contributed by atoms with Gasteiger partial charge in [-0.15, -0.1) is 0 Å². The standard InChI is InChI=1S/C5H10ClNO2/c1-7(2-3-8)4-5(6)9/h8H,2-4H2,1H3. The number of hydrogen-bond acceptors (Lipinski definition) is 3. The molecule has 0 heterocycles. The summed E-state index contributed by atoms with van der Waals surface area (Å²) in [6, 6.07) is 0. The number of likely N-dealkylation sites (N-methyl/N-ethyl adjacent to an activating group) is 1. The van der Waals surface area contributed by atoms with Crippen LogP contribution in [-0.2, 0) is 4.79 Å². The molecular weight excluding hydrogens is 142 g/mol. The van der Waals surface area contributed by atoms with Crippen LogP contribution in [0.4, 0.5) is 0 Å². The predicted molar refractivity (Wildman–Crippen MR) is 35.4 cm³/mol. The lowest BCUT2D eigenvalue weighted by Gasteiger charge is -2.10. The molecule has 0 atom stereocenters. The van der Waals surface area contributed by atoms with Crippen molar-refractivity contribution in [1.82, 2.24) is 4.90 Å². The first-order chi connectivity index (χ1) is 4.16. The quantitative estimate of drug-likeness (QED) is 0.560. The van der Waals surface area contributed by atoms with Crippen LogP contribution in [0.5, 0.6) is 0 Å². The molecular formula is C5H10ClNO2. The molecule has 0 spiro atoms. The molecule has 4 heteroatoms. The van der Waals surface area contributed by atoms with Crippen molar-refractivity contribution in [2.24, 2.45) is 0 Å². The van der Waals surface area contributed by atoms with E-state index in [2.05, 4.69) is 0 Å². The average molecular weight is 152 g/mol. The van der Waals surface area contributed by atoms with E-state index in [0.29, 0.717) is 6.54 Å². The van der Waals surface area contributed by atoms with Crippen LogP contribution >= 0.6 is 11.6 Å². The zero-order chi connectivity index (χ0) is 7.28. The number of nitrogens with zero attached hydrogens (tertiary/aromatic N) is 1. The van der Waals surface area contributed by atoms with Crippen molar-refractivity contribution in [3.8, 4) is 0 Å². The summed E-state index contributed by atoms with van der Waals surface area (Å²) in [4.78, 5) is 11.8. The summed E-state index contributed by atoms with van der Waals surface area (Å²) in [5.74, 6) is 0. The van der Waals surface area contributed by atoms with Gasteiger partial charge < -0.3 is 5.11 Å². The van der Waals surface area contributed by atoms with Gasteiger partial charge in [0.1, 0.15) is 0 Å². The van der Waals surface area contributed by atoms with Crippen molar-refractivity contribution in [3.63, 3.8) is 0 Å². The highest BCUT2D eigenvalue weighted by Crippen LogP contribution is 1.84. The highest BCUT2D eigenvalue weighted by molar-refractivity contribution is 6.64. The summed E-state index contributed by atoms with van der Waals surface area (Å²) in [7, 11) is 1.72. The molecule has 0 bridgehead atoms. The molecule has 0 saturated heterocycles. The van der Waals surface area contributed by atoms with Crippen molar-refractivity contribution < 1.29 is 9.90 Å². The highest BCUT2D eigenvalue weighted by Gasteiger charge is 2.00. The summed E-state index contributed by atoms with van der Waals surface area (Å²) in [5.41, 5.74) is 0. The molecule has 3 nitrogen and oxygen atoms in total. The Morgan fingerprint density at radius 1 is 1.78 bits per heavy atom.